The van der Waals surface area contributed by atoms with Crippen LogP contribution in [0.3, 0.4) is 0 Å². The molecule has 1 fully saturated rings. The molecule has 1 aliphatic rings. The molecule has 6 nitrogen and oxygen atoms in total. The average molecular weight is 411 g/mol. The van der Waals surface area contributed by atoms with Gasteiger partial charge in [0.05, 0.1) is 13.7 Å². The normalized spacial score (nSPS) is 14.5. The number of rotatable bonds is 7. The van der Waals surface area contributed by atoms with Crippen molar-refractivity contribution in [1.29, 1.82) is 0 Å². The number of likely N-dealkylation sites (tertiary alicyclic amines) is 1. The monoisotopic (exact) mass is 410 g/mol. The van der Waals surface area contributed by atoms with Crippen LogP contribution in [0.2, 0.25) is 0 Å². The summed E-state index contributed by atoms with van der Waals surface area (Å²) in [6, 6.07) is 14.7. The molecule has 1 heterocycles. The highest BCUT2D eigenvalue weighted by atomic mass is 16.5. The highest BCUT2D eigenvalue weighted by Crippen LogP contribution is 2.23. The molecule has 2 amide bonds. The third-order valence-electron chi connectivity index (χ3n) is 5.35. The fourth-order valence-electron chi connectivity index (χ4n) is 3.39. The molecule has 0 bridgehead atoms. The van der Waals surface area contributed by atoms with Gasteiger partial charge in [-0.2, -0.15) is 0 Å². The van der Waals surface area contributed by atoms with Gasteiger partial charge in [0.15, 0.2) is 0 Å². The second kappa shape index (κ2) is 10.1. The van der Waals surface area contributed by atoms with Gasteiger partial charge < -0.3 is 19.7 Å². The number of anilines is 1. The Morgan fingerprint density at radius 3 is 2.37 bits per heavy atom. The zero-order valence-electron chi connectivity index (χ0n) is 17.9. The molecule has 1 aliphatic heterocycles. The predicted molar refractivity (Wildman–Crippen MR) is 117 cm³/mol. The molecule has 0 spiro atoms. The summed E-state index contributed by atoms with van der Waals surface area (Å²) >= 11 is 0. The fourth-order valence-corrected chi connectivity index (χ4v) is 3.39. The standard InChI is InChI=1S/C24H30N2O4/c1-17(2)23(27)25-20-6-4-5-19(15-20)24(28)26-13-11-18(12-14-26)16-30-22-9-7-21(29-3)8-10-22/h4-10,15,17-18H,11-14,16H2,1-3H3,(H,25,27). The van der Waals surface area contributed by atoms with Gasteiger partial charge in [-0.1, -0.05) is 19.9 Å². The maximum absolute atomic E-state index is 12.9. The molecule has 0 unspecified atom stereocenters. The smallest absolute Gasteiger partial charge is 0.253 e. The molecule has 0 radical (unpaired) electrons. The first-order chi connectivity index (χ1) is 14.5. The van der Waals surface area contributed by atoms with Crippen molar-refractivity contribution in [3.8, 4) is 11.5 Å². The van der Waals surface area contributed by atoms with Crippen LogP contribution in [0, 0.1) is 11.8 Å². The Balaban J connectivity index is 1.49. The van der Waals surface area contributed by atoms with E-state index in [9.17, 15) is 9.59 Å². The molecule has 0 aliphatic carbocycles. The van der Waals surface area contributed by atoms with E-state index in [1.54, 1.807) is 31.4 Å². The number of piperidine rings is 1. The maximum Gasteiger partial charge on any atom is 0.253 e. The van der Waals surface area contributed by atoms with Crippen molar-refractivity contribution < 1.29 is 19.1 Å². The van der Waals surface area contributed by atoms with Gasteiger partial charge in [0.25, 0.3) is 5.91 Å². The maximum atomic E-state index is 12.9. The minimum absolute atomic E-state index is 0.00479. The Hall–Kier alpha value is -3.02. The summed E-state index contributed by atoms with van der Waals surface area (Å²) in [5.74, 6) is 1.90. The minimum atomic E-state index is -0.108. The number of hydrogen-bond acceptors (Lipinski definition) is 4. The third kappa shape index (κ3) is 5.75. The molecule has 1 saturated heterocycles. The molecule has 1 N–H and O–H groups in total. The summed E-state index contributed by atoms with van der Waals surface area (Å²) in [7, 11) is 1.64. The largest absolute Gasteiger partial charge is 0.497 e. The number of nitrogens with one attached hydrogen (secondary N) is 1. The number of amides is 2. The van der Waals surface area contributed by atoms with Crippen molar-refractivity contribution in [1.82, 2.24) is 4.90 Å². The van der Waals surface area contributed by atoms with Gasteiger partial charge >= 0.3 is 0 Å². The van der Waals surface area contributed by atoms with Gasteiger partial charge in [-0.05, 0) is 61.2 Å². The van der Waals surface area contributed by atoms with Crippen LogP contribution < -0.4 is 14.8 Å². The zero-order valence-corrected chi connectivity index (χ0v) is 17.9. The fraction of sp³-hybridized carbons (Fsp3) is 0.417. The molecule has 0 atom stereocenters. The second-order valence-corrected chi connectivity index (χ2v) is 7.95. The number of carbonyl (C=O) groups is 2. The first kappa shape index (κ1) is 21.7. The first-order valence-corrected chi connectivity index (χ1v) is 10.4. The van der Waals surface area contributed by atoms with Crippen molar-refractivity contribution in [3.63, 3.8) is 0 Å². The van der Waals surface area contributed by atoms with Crippen molar-refractivity contribution in [2.24, 2.45) is 11.8 Å². The van der Waals surface area contributed by atoms with E-state index >= 15 is 0 Å². The lowest BCUT2D eigenvalue weighted by atomic mass is 9.97. The minimum Gasteiger partial charge on any atom is -0.497 e. The van der Waals surface area contributed by atoms with Gasteiger partial charge in [-0.3, -0.25) is 9.59 Å². The van der Waals surface area contributed by atoms with Gasteiger partial charge in [0.1, 0.15) is 11.5 Å². The van der Waals surface area contributed by atoms with Crippen LogP contribution in [0.5, 0.6) is 11.5 Å². The molecule has 6 heteroatoms. The van der Waals surface area contributed by atoms with Gasteiger partial charge in [-0.25, -0.2) is 0 Å². The molecular formula is C24H30N2O4. The van der Waals surface area contributed by atoms with Crippen LogP contribution in [0.25, 0.3) is 0 Å². The van der Waals surface area contributed by atoms with Crippen molar-refractivity contribution in [2.45, 2.75) is 26.7 Å². The highest BCUT2D eigenvalue weighted by molar-refractivity contribution is 5.97. The molecular weight excluding hydrogens is 380 g/mol. The quantitative estimate of drug-likeness (QED) is 0.742. The zero-order chi connectivity index (χ0) is 21.5. The van der Waals surface area contributed by atoms with Crippen LogP contribution in [0.1, 0.15) is 37.0 Å². The van der Waals surface area contributed by atoms with Crippen LogP contribution in [0.15, 0.2) is 48.5 Å². The van der Waals surface area contributed by atoms with E-state index in [0.29, 0.717) is 36.9 Å². The van der Waals surface area contributed by atoms with Crippen molar-refractivity contribution >= 4 is 17.5 Å². The lowest BCUT2D eigenvalue weighted by Gasteiger charge is -2.32. The van der Waals surface area contributed by atoms with Crippen LogP contribution in [-0.4, -0.2) is 43.5 Å². The molecule has 3 rings (SSSR count). The Kier molecular flexibility index (Phi) is 7.33. The number of carbonyl (C=O) groups excluding carboxylic acids is 2. The van der Waals surface area contributed by atoms with Crippen LogP contribution in [0.4, 0.5) is 5.69 Å². The van der Waals surface area contributed by atoms with Gasteiger partial charge in [0, 0.05) is 30.3 Å². The van der Waals surface area contributed by atoms with Gasteiger partial charge in [0.2, 0.25) is 5.91 Å². The summed E-state index contributed by atoms with van der Waals surface area (Å²) in [4.78, 5) is 26.7. The summed E-state index contributed by atoms with van der Waals surface area (Å²) in [6.07, 6.45) is 1.82. The van der Waals surface area contributed by atoms with E-state index < -0.39 is 0 Å². The molecule has 0 aromatic heterocycles. The molecule has 2 aromatic carbocycles. The first-order valence-electron chi connectivity index (χ1n) is 10.4. The number of methoxy groups -OCH3 is 1. The van der Waals surface area contributed by atoms with Crippen LogP contribution >= 0.6 is 0 Å². The molecule has 30 heavy (non-hydrogen) atoms. The predicted octanol–water partition coefficient (Wildman–Crippen LogP) is 4.22. The van der Waals surface area contributed by atoms with Crippen LogP contribution in [-0.2, 0) is 4.79 Å². The highest BCUT2D eigenvalue weighted by Gasteiger charge is 2.24. The van der Waals surface area contributed by atoms with E-state index in [0.717, 1.165) is 24.3 Å². The number of nitrogens with zero attached hydrogens (tertiary/aromatic N) is 1. The Morgan fingerprint density at radius 2 is 1.73 bits per heavy atom. The van der Waals surface area contributed by atoms with E-state index in [1.807, 2.05) is 43.0 Å². The van der Waals surface area contributed by atoms with E-state index in [2.05, 4.69) is 5.32 Å². The Bertz CT molecular complexity index is 856. The van der Waals surface area contributed by atoms with Crippen molar-refractivity contribution in [2.75, 3.05) is 32.1 Å². The summed E-state index contributed by atoms with van der Waals surface area (Å²) in [5.41, 5.74) is 1.26. The number of ether oxygens (including phenoxy) is 2. The lowest BCUT2D eigenvalue weighted by molar-refractivity contribution is -0.118. The summed E-state index contributed by atoms with van der Waals surface area (Å²) in [6.45, 7) is 5.74. The van der Waals surface area contributed by atoms with Crippen molar-refractivity contribution in [3.05, 3.63) is 54.1 Å². The average Bonchev–Trinajstić information content (AvgIpc) is 2.78. The number of benzene rings is 2. The molecule has 0 saturated carbocycles. The number of hydrogen-bond donors (Lipinski definition) is 1. The van der Waals surface area contributed by atoms with E-state index in [1.165, 1.54) is 0 Å². The summed E-state index contributed by atoms with van der Waals surface area (Å²) in [5, 5.41) is 2.85. The molecule has 2 aromatic rings. The second-order valence-electron chi connectivity index (χ2n) is 7.95. The Morgan fingerprint density at radius 1 is 1.07 bits per heavy atom. The van der Waals surface area contributed by atoms with Gasteiger partial charge in [-0.15, -0.1) is 0 Å². The lowest BCUT2D eigenvalue weighted by Crippen LogP contribution is -2.39. The van der Waals surface area contributed by atoms with E-state index in [4.69, 9.17) is 9.47 Å². The van der Waals surface area contributed by atoms with E-state index in [-0.39, 0.29) is 17.7 Å². The molecule has 160 valence electrons. The summed E-state index contributed by atoms with van der Waals surface area (Å²) < 4.78 is 11.1. The third-order valence-corrected chi connectivity index (χ3v) is 5.35. The topological polar surface area (TPSA) is 67.9 Å². The SMILES string of the molecule is COc1ccc(OCC2CCN(C(=O)c3cccc(NC(=O)C(C)C)c3)CC2)cc1. The Labute approximate surface area is 178 Å².